The van der Waals surface area contributed by atoms with Crippen LogP contribution >= 0.6 is 27.3 Å². The minimum Gasteiger partial charge on any atom is -0.330 e. The second kappa shape index (κ2) is 5.87. The standard InChI is InChI=1S/C15H17BrN4S/c1-9(2)20-13-4-3-10(16)7-11(13)19-15(20)12-8-21-14(18-12)5-6-17/h3-4,7-9H,5-6,17H2,1-2H3. The molecule has 0 saturated carbocycles. The van der Waals surface area contributed by atoms with Crippen LogP contribution in [0.2, 0.25) is 0 Å². The Morgan fingerprint density at radius 1 is 1.33 bits per heavy atom. The number of fused-ring (bicyclic) bond motifs is 1. The average molecular weight is 365 g/mol. The molecule has 6 heteroatoms. The summed E-state index contributed by atoms with van der Waals surface area (Å²) >= 11 is 5.16. The van der Waals surface area contributed by atoms with Crippen molar-refractivity contribution >= 4 is 38.3 Å². The number of rotatable bonds is 4. The number of hydrogen-bond donors (Lipinski definition) is 1. The fourth-order valence-electron chi connectivity index (χ4n) is 2.43. The average Bonchev–Trinajstić information content (AvgIpc) is 3.02. The number of nitrogens with two attached hydrogens (primary N) is 1. The molecule has 2 N–H and O–H groups in total. The lowest BCUT2D eigenvalue weighted by Gasteiger charge is -2.11. The van der Waals surface area contributed by atoms with E-state index in [2.05, 4.69) is 50.8 Å². The molecule has 2 aromatic heterocycles. The van der Waals surface area contributed by atoms with Crippen LogP contribution in [0.5, 0.6) is 0 Å². The number of thiazole rings is 1. The van der Waals surface area contributed by atoms with E-state index in [-0.39, 0.29) is 0 Å². The number of halogens is 1. The third-order valence-electron chi connectivity index (χ3n) is 3.31. The maximum absolute atomic E-state index is 5.61. The van der Waals surface area contributed by atoms with Crippen molar-refractivity contribution < 1.29 is 0 Å². The summed E-state index contributed by atoms with van der Waals surface area (Å²) in [6.45, 7) is 4.96. The maximum Gasteiger partial charge on any atom is 0.160 e. The Kier molecular flexibility index (Phi) is 4.10. The van der Waals surface area contributed by atoms with E-state index in [9.17, 15) is 0 Å². The summed E-state index contributed by atoms with van der Waals surface area (Å²) in [5.74, 6) is 0.928. The molecule has 0 radical (unpaired) electrons. The summed E-state index contributed by atoms with van der Waals surface area (Å²) in [5.41, 5.74) is 8.66. The highest BCUT2D eigenvalue weighted by atomic mass is 79.9. The largest absolute Gasteiger partial charge is 0.330 e. The molecule has 0 aliphatic rings. The van der Waals surface area contributed by atoms with Gasteiger partial charge in [0.2, 0.25) is 0 Å². The molecule has 4 nitrogen and oxygen atoms in total. The summed E-state index contributed by atoms with van der Waals surface area (Å²) in [6.07, 6.45) is 0.818. The van der Waals surface area contributed by atoms with E-state index in [0.717, 1.165) is 38.5 Å². The summed E-state index contributed by atoms with van der Waals surface area (Å²) < 4.78 is 3.28. The summed E-state index contributed by atoms with van der Waals surface area (Å²) in [6, 6.07) is 6.52. The third kappa shape index (κ3) is 2.75. The SMILES string of the molecule is CC(C)n1c(-c2csc(CCN)n2)nc2cc(Br)ccc21. The first-order valence-electron chi connectivity index (χ1n) is 6.92. The molecule has 0 saturated heterocycles. The van der Waals surface area contributed by atoms with Gasteiger partial charge in [-0.3, -0.25) is 0 Å². The van der Waals surface area contributed by atoms with Crippen molar-refractivity contribution in [1.29, 1.82) is 0 Å². The topological polar surface area (TPSA) is 56.7 Å². The summed E-state index contributed by atoms with van der Waals surface area (Å²) in [4.78, 5) is 9.46. The van der Waals surface area contributed by atoms with Crippen LogP contribution in [0.4, 0.5) is 0 Å². The quantitative estimate of drug-likeness (QED) is 0.760. The van der Waals surface area contributed by atoms with Gasteiger partial charge in [0.25, 0.3) is 0 Å². The zero-order valence-corrected chi connectivity index (χ0v) is 14.4. The van der Waals surface area contributed by atoms with Crippen molar-refractivity contribution in [3.05, 3.63) is 33.1 Å². The molecule has 0 atom stereocenters. The predicted octanol–water partition coefficient (Wildman–Crippen LogP) is 4.00. The monoisotopic (exact) mass is 364 g/mol. The van der Waals surface area contributed by atoms with Crippen LogP contribution in [0, 0.1) is 0 Å². The second-order valence-corrected chi connectivity index (χ2v) is 7.06. The van der Waals surface area contributed by atoms with E-state index in [1.54, 1.807) is 11.3 Å². The number of benzene rings is 1. The lowest BCUT2D eigenvalue weighted by atomic mass is 10.3. The summed E-state index contributed by atoms with van der Waals surface area (Å²) in [7, 11) is 0. The Balaban J connectivity index is 2.18. The Labute approximate surface area is 136 Å². The van der Waals surface area contributed by atoms with Crippen molar-refractivity contribution in [2.45, 2.75) is 26.3 Å². The normalized spacial score (nSPS) is 11.7. The van der Waals surface area contributed by atoms with Gasteiger partial charge in [-0.25, -0.2) is 9.97 Å². The van der Waals surface area contributed by atoms with Gasteiger partial charge in [0.1, 0.15) is 5.69 Å². The van der Waals surface area contributed by atoms with Gasteiger partial charge in [-0.2, -0.15) is 0 Å². The third-order valence-corrected chi connectivity index (χ3v) is 4.71. The predicted molar refractivity (Wildman–Crippen MR) is 91.7 cm³/mol. The van der Waals surface area contributed by atoms with E-state index < -0.39 is 0 Å². The number of nitrogens with zero attached hydrogens (tertiary/aromatic N) is 3. The van der Waals surface area contributed by atoms with E-state index >= 15 is 0 Å². The molecule has 0 aliphatic carbocycles. The van der Waals surface area contributed by atoms with Crippen LogP contribution in [-0.2, 0) is 6.42 Å². The highest BCUT2D eigenvalue weighted by Gasteiger charge is 2.17. The molecule has 3 aromatic rings. The smallest absolute Gasteiger partial charge is 0.160 e. The lowest BCUT2D eigenvalue weighted by Crippen LogP contribution is -2.04. The van der Waals surface area contributed by atoms with Gasteiger partial charge in [0, 0.05) is 22.3 Å². The number of aromatic nitrogens is 3. The highest BCUT2D eigenvalue weighted by Crippen LogP contribution is 2.30. The van der Waals surface area contributed by atoms with E-state index in [1.165, 1.54) is 0 Å². The van der Waals surface area contributed by atoms with Crippen molar-refractivity contribution in [2.24, 2.45) is 5.73 Å². The number of hydrogen-bond acceptors (Lipinski definition) is 4. The van der Waals surface area contributed by atoms with E-state index in [4.69, 9.17) is 10.7 Å². The minimum absolute atomic E-state index is 0.325. The van der Waals surface area contributed by atoms with Crippen molar-refractivity contribution in [3.63, 3.8) is 0 Å². The van der Waals surface area contributed by atoms with Crippen LogP contribution in [0.15, 0.2) is 28.1 Å². The molecule has 21 heavy (non-hydrogen) atoms. The molecule has 1 aromatic carbocycles. The van der Waals surface area contributed by atoms with Gasteiger partial charge in [-0.15, -0.1) is 11.3 Å². The van der Waals surface area contributed by atoms with Crippen LogP contribution in [0.3, 0.4) is 0 Å². The first-order valence-corrected chi connectivity index (χ1v) is 8.59. The molecule has 0 bridgehead atoms. The van der Waals surface area contributed by atoms with Crippen molar-refractivity contribution in [3.8, 4) is 11.5 Å². The van der Waals surface area contributed by atoms with Crippen LogP contribution in [0.1, 0.15) is 24.9 Å². The van der Waals surface area contributed by atoms with Gasteiger partial charge < -0.3 is 10.3 Å². The molecule has 0 aliphatic heterocycles. The summed E-state index contributed by atoms with van der Waals surface area (Å²) in [5, 5.41) is 3.14. The van der Waals surface area contributed by atoms with Crippen LogP contribution < -0.4 is 5.73 Å². The maximum atomic E-state index is 5.61. The molecule has 0 fully saturated rings. The van der Waals surface area contributed by atoms with E-state index in [0.29, 0.717) is 12.6 Å². The van der Waals surface area contributed by atoms with Gasteiger partial charge in [0.15, 0.2) is 5.82 Å². The Hall–Kier alpha value is -1.24. The molecule has 2 heterocycles. The zero-order valence-electron chi connectivity index (χ0n) is 12.0. The molecular weight excluding hydrogens is 348 g/mol. The molecule has 0 unspecified atom stereocenters. The van der Waals surface area contributed by atoms with Gasteiger partial charge in [-0.1, -0.05) is 15.9 Å². The van der Waals surface area contributed by atoms with E-state index in [1.807, 2.05) is 12.1 Å². The number of imidazole rings is 1. The zero-order chi connectivity index (χ0) is 15.0. The van der Waals surface area contributed by atoms with Gasteiger partial charge in [-0.05, 0) is 38.6 Å². The fraction of sp³-hybridized carbons (Fsp3) is 0.333. The Morgan fingerprint density at radius 2 is 2.14 bits per heavy atom. The first kappa shape index (κ1) is 14.7. The lowest BCUT2D eigenvalue weighted by molar-refractivity contribution is 0.623. The highest BCUT2D eigenvalue weighted by molar-refractivity contribution is 9.10. The Bertz CT molecular complexity index is 775. The molecule has 3 rings (SSSR count). The fourth-order valence-corrected chi connectivity index (χ4v) is 3.57. The van der Waals surface area contributed by atoms with Crippen LogP contribution in [-0.4, -0.2) is 21.1 Å². The van der Waals surface area contributed by atoms with Crippen molar-refractivity contribution in [2.75, 3.05) is 6.54 Å². The molecule has 0 spiro atoms. The van der Waals surface area contributed by atoms with Crippen LogP contribution in [0.25, 0.3) is 22.6 Å². The minimum atomic E-state index is 0.325. The Morgan fingerprint density at radius 3 is 2.86 bits per heavy atom. The molecular formula is C15H17BrN4S. The molecule has 110 valence electrons. The molecule has 0 amide bonds. The van der Waals surface area contributed by atoms with Gasteiger partial charge in [0.05, 0.1) is 16.0 Å². The van der Waals surface area contributed by atoms with Crippen molar-refractivity contribution in [1.82, 2.24) is 14.5 Å². The first-order chi connectivity index (χ1) is 10.1. The second-order valence-electron chi connectivity index (χ2n) is 5.20. The van der Waals surface area contributed by atoms with Gasteiger partial charge >= 0.3 is 0 Å².